The molecule has 1 atom stereocenters. The fraction of sp³-hybridized carbons (Fsp3) is 0.515. The number of carbonyl (C=O) groups is 1. The van der Waals surface area contributed by atoms with E-state index in [4.69, 9.17) is 9.73 Å². The van der Waals surface area contributed by atoms with E-state index in [0.29, 0.717) is 5.92 Å². The standard InChI is InChI=1S/C32H37N5O2S.CH4/c1-8-25-28-35-34-21(4)37(28)29-26(19(2)20(3)40-29)27(33-25)24-13-11-22(12-14-24)9-10-23-15-32(16-23)17-36(18-32)30(38)39-31(5,6)7;/h11-14,23,25H,8,15-18H2,1-7H3;1H4. The second kappa shape index (κ2) is 10.4. The Labute approximate surface area is 248 Å². The molecule has 3 aliphatic rings. The van der Waals surface area contributed by atoms with Gasteiger partial charge in [0.2, 0.25) is 0 Å². The van der Waals surface area contributed by atoms with Gasteiger partial charge in [0.25, 0.3) is 0 Å². The Hall–Kier alpha value is -3.44. The molecule has 6 rings (SSSR count). The Morgan fingerprint density at radius 3 is 2.44 bits per heavy atom. The normalized spacial score (nSPS) is 19.0. The number of ether oxygens (including phenoxy) is 1. The predicted molar refractivity (Wildman–Crippen MR) is 165 cm³/mol. The molecule has 1 aliphatic carbocycles. The highest BCUT2D eigenvalue weighted by molar-refractivity contribution is 7.15. The Bertz CT molecular complexity index is 1560. The van der Waals surface area contributed by atoms with Crippen LogP contribution in [-0.2, 0) is 4.74 Å². The lowest BCUT2D eigenvalue weighted by molar-refractivity contribution is -0.0832. The highest BCUT2D eigenvalue weighted by Gasteiger charge is 2.54. The van der Waals surface area contributed by atoms with Crippen molar-refractivity contribution in [2.24, 2.45) is 16.3 Å². The Balaban J connectivity index is 0.00000337. The van der Waals surface area contributed by atoms with Crippen molar-refractivity contribution < 1.29 is 9.53 Å². The van der Waals surface area contributed by atoms with Crippen molar-refractivity contribution in [3.8, 4) is 16.8 Å². The molecule has 0 radical (unpaired) electrons. The van der Waals surface area contributed by atoms with Crippen LogP contribution in [0.3, 0.4) is 0 Å². The summed E-state index contributed by atoms with van der Waals surface area (Å²) < 4.78 is 7.70. The first-order chi connectivity index (χ1) is 19.0. The van der Waals surface area contributed by atoms with E-state index in [0.717, 1.165) is 65.8 Å². The lowest BCUT2D eigenvalue weighted by atomic mass is 9.58. The lowest BCUT2D eigenvalue weighted by Crippen LogP contribution is -2.64. The second-order valence-electron chi connectivity index (χ2n) is 12.6. The van der Waals surface area contributed by atoms with E-state index >= 15 is 0 Å². The number of hydrogen-bond donors (Lipinski definition) is 0. The van der Waals surface area contributed by atoms with Crippen molar-refractivity contribution in [1.82, 2.24) is 19.7 Å². The van der Waals surface area contributed by atoms with Gasteiger partial charge in [-0.05, 0) is 78.5 Å². The van der Waals surface area contributed by atoms with Crippen LogP contribution in [0.25, 0.3) is 5.00 Å². The maximum atomic E-state index is 12.3. The fourth-order valence-corrected chi connectivity index (χ4v) is 7.34. The van der Waals surface area contributed by atoms with Gasteiger partial charge in [-0.3, -0.25) is 9.56 Å². The first kappa shape index (κ1) is 29.1. The average Bonchev–Trinajstić information content (AvgIpc) is 3.31. The molecule has 216 valence electrons. The second-order valence-corrected chi connectivity index (χ2v) is 13.8. The Kier molecular flexibility index (Phi) is 7.40. The van der Waals surface area contributed by atoms with Crippen molar-refractivity contribution in [3.63, 3.8) is 0 Å². The number of thiophene rings is 1. The number of hydrogen-bond acceptors (Lipinski definition) is 6. The molecule has 7 nitrogen and oxygen atoms in total. The first-order valence-electron chi connectivity index (χ1n) is 14.2. The molecule has 1 aromatic carbocycles. The lowest BCUT2D eigenvalue weighted by Gasteiger charge is -2.57. The van der Waals surface area contributed by atoms with Crippen molar-refractivity contribution in [3.05, 3.63) is 63.0 Å². The molecule has 1 amide bonds. The number of benzene rings is 1. The number of likely N-dealkylation sites (tertiary alicyclic amines) is 1. The largest absolute Gasteiger partial charge is 0.444 e. The predicted octanol–water partition coefficient (Wildman–Crippen LogP) is 7.19. The average molecular weight is 572 g/mol. The van der Waals surface area contributed by atoms with Crippen molar-refractivity contribution in [2.45, 2.75) is 86.8 Å². The molecule has 0 bridgehead atoms. The van der Waals surface area contributed by atoms with Crippen molar-refractivity contribution in [1.29, 1.82) is 0 Å². The first-order valence-corrected chi connectivity index (χ1v) is 15.0. The minimum Gasteiger partial charge on any atom is -0.444 e. The molecule has 41 heavy (non-hydrogen) atoms. The summed E-state index contributed by atoms with van der Waals surface area (Å²) in [6, 6.07) is 8.48. The van der Waals surface area contributed by atoms with E-state index in [2.05, 4.69) is 71.6 Å². The maximum absolute atomic E-state index is 12.3. The van der Waals surface area contributed by atoms with Crippen molar-refractivity contribution >= 4 is 23.1 Å². The van der Waals surface area contributed by atoms with Gasteiger partial charge in [-0.2, -0.15) is 0 Å². The van der Waals surface area contributed by atoms with Crippen LogP contribution >= 0.6 is 11.3 Å². The quantitative estimate of drug-likeness (QED) is 0.305. The molecule has 4 heterocycles. The molecule has 3 aromatic rings. The van der Waals surface area contributed by atoms with Gasteiger partial charge < -0.3 is 9.64 Å². The minimum absolute atomic E-state index is 0. The highest BCUT2D eigenvalue weighted by atomic mass is 32.1. The molecule has 2 aliphatic heterocycles. The molecule has 0 N–H and O–H groups in total. The Morgan fingerprint density at radius 1 is 1.12 bits per heavy atom. The van der Waals surface area contributed by atoms with Crippen LogP contribution in [0.4, 0.5) is 4.79 Å². The molecule has 1 saturated carbocycles. The zero-order valence-corrected chi connectivity index (χ0v) is 25.3. The van der Waals surface area contributed by atoms with Crippen LogP contribution in [0.1, 0.15) is 99.2 Å². The van der Waals surface area contributed by atoms with E-state index in [1.807, 2.05) is 32.6 Å². The number of aliphatic imine (C=N–C) groups is 1. The van der Waals surface area contributed by atoms with Gasteiger partial charge >= 0.3 is 6.09 Å². The van der Waals surface area contributed by atoms with Gasteiger partial charge in [-0.15, -0.1) is 21.5 Å². The molecule has 2 aromatic heterocycles. The SMILES string of the molecule is C.CCC1N=C(c2ccc(C#CC3CC4(C3)CN(C(=O)OC(C)(C)C)C4)cc2)c2c(sc(C)c2C)-n2c(C)nnc21. The topological polar surface area (TPSA) is 72.6 Å². The summed E-state index contributed by atoms with van der Waals surface area (Å²) in [4.78, 5) is 20.6. The molecular weight excluding hydrogens is 530 g/mol. The fourth-order valence-electron chi connectivity index (χ4n) is 6.12. The van der Waals surface area contributed by atoms with Crippen LogP contribution in [0.5, 0.6) is 0 Å². The third kappa shape index (κ3) is 5.21. The van der Waals surface area contributed by atoms with Crippen LogP contribution in [0.15, 0.2) is 29.3 Å². The summed E-state index contributed by atoms with van der Waals surface area (Å²) in [5.41, 5.74) is 5.37. The highest BCUT2D eigenvalue weighted by Crippen LogP contribution is 2.52. The number of fused-ring (bicyclic) bond motifs is 3. The van der Waals surface area contributed by atoms with Crippen LogP contribution < -0.4 is 0 Å². The number of amides is 1. The van der Waals surface area contributed by atoms with Gasteiger partial charge in [0.15, 0.2) is 5.82 Å². The van der Waals surface area contributed by atoms with Crippen LogP contribution in [-0.4, -0.2) is 50.2 Å². The van der Waals surface area contributed by atoms with E-state index < -0.39 is 5.60 Å². The zero-order valence-electron chi connectivity index (χ0n) is 24.5. The monoisotopic (exact) mass is 571 g/mol. The van der Waals surface area contributed by atoms with Gasteiger partial charge in [-0.1, -0.05) is 38.3 Å². The Morgan fingerprint density at radius 2 is 1.80 bits per heavy atom. The molecule has 8 heteroatoms. The summed E-state index contributed by atoms with van der Waals surface area (Å²) in [5.74, 6) is 9.07. The molecule has 1 saturated heterocycles. The number of aryl methyl sites for hydroxylation is 2. The number of rotatable bonds is 2. The molecule has 1 spiro atoms. The molecule has 2 fully saturated rings. The van der Waals surface area contributed by atoms with E-state index in [9.17, 15) is 4.79 Å². The molecule has 1 unspecified atom stereocenters. The number of nitrogens with zero attached hydrogens (tertiary/aromatic N) is 5. The number of carbonyl (C=O) groups excluding carboxylic acids is 1. The van der Waals surface area contributed by atoms with Gasteiger partial charge in [0, 0.05) is 46.0 Å². The summed E-state index contributed by atoms with van der Waals surface area (Å²) in [7, 11) is 0. The van der Waals surface area contributed by atoms with E-state index in [1.165, 1.54) is 16.0 Å². The van der Waals surface area contributed by atoms with Crippen molar-refractivity contribution in [2.75, 3.05) is 13.1 Å². The maximum Gasteiger partial charge on any atom is 0.410 e. The zero-order chi connectivity index (χ0) is 28.4. The van der Waals surface area contributed by atoms with Gasteiger partial charge in [0.1, 0.15) is 22.5 Å². The van der Waals surface area contributed by atoms with E-state index in [-0.39, 0.29) is 25.0 Å². The van der Waals surface area contributed by atoms with Crippen LogP contribution in [0.2, 0.25) is 0 Å². The smallest absolute Gasteiger partial charge is 0.410 e. The van der Waals surface area contributed by atoms with Crippen LogP contribution in [0, 0.1) is 43.9 Å². The summed E-state index contributed by atoms with van der Waals surface area (Å²) in [6.45, 7) is 15.8. The summed E-state index contributed by atoms with van der Waals surface area (Å²) in [6.07, 6.45) is 2.76. The third-order valence-corrected chi connectivity index (χ3v) is 9.46. The molecular formula is C33H41N5O2S. The van der Waals surface area contributed by atoms with Gasteiger partial charge in [0.05, 0.1) is 5.71 Å². The van der Waals surface area contributed by atoms with E-state index in [1.54, 1.807) is 11.3 Å². The summed E-state index contributed by atoms with van der Waals surface area (Å²) in [5, 5.41) is 10.1. The van der Waals surface area contributed by atoms with Gasteiger partial charge in [-0.25, -0.2) is 4.79 Å². The third-order valence-electron chi connectivity index (χ3n) is 8.27. The summed E-state index contributed by atoms with van der Waals surface area (Å²) >= 11 is 1.79. The minimum atomic E-state index is -0.452. The number of aromatic nitrogens is 3.